The van der Waals surface area contributed by atoms with E-state index in [4.69, 9.17) is 21.1 Å². The third-order valence-electron chi connectivity index (χ3n) is 6.31. The lowest BCUT2D eigenvalue weighted by molar-refractivity contribution is -0.135. The van der Waals surface area contributed by atoms with Crippen LogP contribution in [0.3, 0.4) is 0 Å². The number of carbonyl (C=O) groups is 1. The fourth-order valence-electron chi connectivity index (χ4n) is 4.41. The average molecular weight is 563 g/mol. The number of fused-ring (bicyclic) bond motifs is 1. The van der Waals surface area contributed by atoms with E-state index < -0.39 is 15.6 Å². The number of thiophene rings is 1. The second-order valence-electron chi connectivity index (χ2n) is 9.75. The van der Waals surface area contributed by atoms with E-state index in [1.807, 2.05) is 35.7 Å². The molecule has 10 heteroatoms. The van der Waals surface area contributed by atoms with E-state index in [1.54, 1.807) is 44.1 Å². The maximum Gasteiger partial charge on any atom is 0.244 e. The third-order valence-corrected chi connectivity index (χ3v) is 9.68. The number of rotatable bonds is 8. The van der Waals surface area contributed by atoms with Crippen LogP contribution in [0.2, 0.25) is 5.02 Å². The molecule has 0 N–H and O–H groups in total. The first-order chi connectivity index (χ1) is 17.5. The largest absolute Gasteiger partial charge is 0.493 e. The van der Waals surface area contributed by atoms with Gasteiger partial charge in [0.2, 0.25) is 15.9 Å². The van der Waals surface area contributed by atoms with Crippen molar-refractivity contribution in [2.75, 3.05) is 26.8 Å². The molecule has 0 fully saturated rings. The second-order valence-corrected chi connectivity index (χ2v) is 13.0. The van der Waals surface area contributed by atoms with Gasteiger partial charge in [-0.1, -0.05) is 23.7 Å². The van der Waals surface area contributed by atoms with Crippen molar-refractivity contribution >= 4 is 38.9 Å². The normalized spacial score (nSPS) is 15.9. The van der Waals surface area contributed by atoms with Gasteiger partial charge in [-0.05, 0) is 80.6 Å². The molecule has 1 amide bonds. The van der Waals surface area contributed by atoms with E-state index in [9.17, 15) is 13.2 Å². The summed E-state index contributed by atoms with van der Waals surface area (Å²) in [6.45, 7) is 5.75. The number of hydrogen-bond acceptors (Lipinski definition) is 6. The molecule has 0 aliphatic carbocycles. The molecule has 2 aromatic carbocycles. The van der Waals surface area contributed by atoms with Crippen molar-refractivity contribution in [3.63, 3.8) is 0 Å². The van der Waals surface area contributed by atoms with Crippen LogP contribution in [-0.4, -0.2) is 55.9 Å². The van der Waals surface area contributed by atoms with E-state index in [1.165, 1.54) is 33.4 Å². The molecule has 1 aromatic heterocycles. The highest BCUT2D eigenvalue weighted by Crippen LogP contribution is 2.36. The smallest absolute Gasteiger partial charge is 0.244 e. The van der Waals surface area contributed by atoms with Crippen LogP contribution in [0.25, 0.3) is 0 Å². The van der Waals surface area contributed by atoms with E-state index in [-0.39, 0.29) is 30.0 Å². The second kappa shape index (κ2) is 11.0. The number of sulfonamides is 1. The zero-order valence-electron chi connectivity index (χ0n) is 21.3. The van der Waals surface area contributed by atoms with Crippen LogP contribution in [-0.2, 0) is 21.2 Å². The molecule has 1 aliphatic rings. The Hall–Kier alpha value is -2.59. The number of halogens is 1. The Morgan fingerprint density at radius 1 is 1.11 bits per heavy atom. The topological polar surface area (TPSA) is 76.2 Å². The number of benzene rings is 2. The molecule has 0 saturated heterocycles. The fraction of sp³-hybridized carbons (Fsp3) is 0.370. The molecule has 0 saturated carbocycles. The van der Waals surface area contributed by atoms with E-state index in [0.29, 0.717) is 29.5 Å². The lowest BCUT2D eigenvalue weighted by Crippen LogP contribution is -2.52. The Kier molecular flexibility index (Phi) is 8.18. The van der Waals surface area contributed by atoms with Gasteiger partial charge in [0, 0.05) is 22.0 Å². The van der Waals surface area contributed by atoms with Crippen molar-refractivity contribution < 1.29 is 22.7 Å². The van der Waals surface area contributed by atoms with Crippen molar-refractivity contribution in [1.82, 2.24) is 9.21 Å². The van der Waals surface area contributed by atoms with Crippen LogP contribution in [0, 0.1) is 0 Å². The Labute approximate surface area is 227 Å². The Morgan fingerprint density at radius 2 is 1.78 bits per heavy atom. The Balaban J connectivity index is 1.61. The van der Waals surface area contributed by atoms with Crippen LogP contribution < -0.4 is 9.47 Å². The minimum atomic E-state index is -3.96. The van der Waals surface area contributed by atoms with Gasteiger partial charge in [-0.3, -0.25) is 4.79 Å². The highest BCUT2D eigenvalue weighted by atomic mass is 35.5. The van der Waals surface area contributed by atoms with Gasteiger partial charge >= 0.3 is 0 Å². The average Bonchev–Trinajstić information content (AvgIpc) is 3.34. The number of hydrogen-bond donors (Lipinski definition) is 0. The van der Waals surface area contributed by atoms with E-state index in [0.717, 1.165) is 5.56 Å². The minimum Gasteiger partial charge on any atom is -0.493 e. The summed E-state index contributed by atoms with van der Waals surface area (Å²) < 4.78 is 40.0. The molecule has 7 nitrogen and oxygen atoms in total. The molecular weight excluding hydrogens is 532 g/mol. The summed E-state index contributed by atoms with van der Waals surface area (Å²) in [6.07, 6.45) is 0.712. The number of ether oxygens (including phenoxy) is 2. The molecule has 1 unspecified atom stereocenters. The molecule has 0 radical (unpaired) electrons. The van der Waals surface area contributed by atoms with Crippen LogP contribution in [0.5, 0.6) is 11.5 Å². The third kappa shape index (κ3) is 5.95. The number of carbonyl (C=O) groups excluding carboxylic acids is 1. The molecule has 1 atom stereocenters. The minimum absolute atomic E-state index is 0.0921. The van der Waals surface area contributed by atoms with Crippen molar-refractivity contribution in [2.45, 2.75) is 43.7 Å². The van der Waals surface area contributed by atoms with Gasteiger partial charge < -0.3 is 14.4 Å². The highest BCUT2D eigenvalue weighted by Gasteiger charge is 2.39. The summed E-state index contributed by atoms with van der Waals surface area (Å²) in [7, 11) is -2.38. The van der Waals surface area contributed by atoms with E-state index in [2.05, 4.69) is 0 Å². The first-order valence-electron chi connectivity index (χ1n) is 11.9. The van der Waals surface area contributed by atoms with Gasteiger partial charge in [-0.15, -0.1) is 11.3 Å². The molecule has 1 aliphatic heterocycles. The first-order valence-corrected chi connectivity index (χ1v) is 14.6. The number of nitrogens with zero attached hydrogens (tertiary/aromatic N) is 2. The SMILES string of the molecule is COc1ccccc1OCC1c2ccsc2CCN1C(=O)CN(C(C)(C)C)S(=O)(=O)c1ccc(Cl)cc1. The number of amides is 1. The summed E-state index contributed by atoms with van der Waals surface area (Å²) in [4.78, 5) is 16.8. The summed E-state index contributed by atoms with van der Waals surface area (Å²) in [5.74, 6) is 0.911. The Morgan fingerprint density at radius 3 is 2.43 bits per heavy atom. The van der Waals surface area contributed by atoms with Crippen molar-refractivity contribution in [2.24, 2.45) is 0 Å². The number of methoxy groups -OCH3 is 1. The molecule has 2 heterocycles. The molecule has 198 valence electrons. The molecule has 4 rings (SSSR count). The van der Waals surface area contributed by atoms with Gasteiger partial charge in [0.05, 0.1) is 24.6 Å². The van der Waals surface area contributed by atoms with Gasteiger partial charge in [-0.2, -0.15) is 4.31 Å². The van der Waals surface area contributed by atoms with Crippen molar-refractivity contribution in [3.8, 4) is 11.5 Å². The lowest BCUT2D eigenvalue weighted by Gasteiger charge is -2.39. The monoisotopic (exact) mass is 562 g/mol. The molecule has 0 bridgehead atoms. The highest BCUT2D eigenvalue weighted by molar-refractivity contribution is 7.89. The van der Waals surface area contributed by atoms with Gasteiger partial charge in [0.15, 0.2) is 11.5 Å². The zero-order chi connectivity index (χ0) is 26.8. The summed E-state index contributed by atoms with van der Waals surface area (Å²) in [5, 5.41) is 2.45. The van der Waals surface area contributed by atoms with Gasteiger partial charge in [0.1, 0.15) is 6.61 Å². The zero-order valence-corrected chi connectivity index (χ0v) is 23.7. The quantitative estimate of drug-likeness (QED) is 0.367. The maximum absolute atomic E-state index is 13.8. The van der Waals surface area contributed by atoms with Crippen molar-refractivity contribution in [1.29, 1.82) is 0 Å². The number of para-hydroxylation sites is 2. The van der Waals surface area contributed by atoms with Crippen LogP contribution >= 0.6 is 22.9 Å². The van der Waals surface area contributed by atoms with Crippen LogP contribution in [0.4, 0.5) is 0 Å². The van der Waals surface area contributed by atoms with Crippen molar-refractivity contribution in [3.05, 3.63) is 75.4 Å². The predicted octanol–water partition coefficient (Wildman–Crippen LogP) is 5.40. The summed E-state index contributed by atoms with van der Waals surface area (Å²) in [5.41, 5.74) is 0.197. The first kappa shape index (κ1) is 27.4. The Bertz CT molecular complexity index is 1350. The molecule has 37 heavy (non-hydrogen) atoms. The van der Waals surface area contributed by atoms with Gasteiger partial charge in [-0.25, -0.2) is 8.42 Å². The van der Waals surface area contributed by atoms with E-state index >= 15 is 0 Å². The molecule has 3 aromatic rings. The van der Waals surface area contributed by atoms with Crippen LogP contribution in [0.1, 0.15) is 37.3 Å². The summed E-state index contributed by atoms with van der Waals surface area (Å²) >= 11 is 7.63. The molecule has 0 spiro atoms. The molecular formula is C27H31ClN2O5S2. The fourth-order valence-corrected chi connectivity index (χ4v) is 7.20. The maximum atomic E-state index is 13.8. The predicted molar refractivity (Wildman–Crippen MR) is 146 cm³/mol. The summed E-state index contributed by atoms with van der Waals surface area (Å²) in [6, 6.07) is 15.0. The standard InChI is InChI=1S/C27H31ClN2O5S2/c1-27(2,3)30(37(32,33)20-11-9-19(28)10-12-20)17-26(31)29-15-13-25-21(14-16-36-25)22(29)18-35-24-8-6-5-7-23(24)34-4/h5-12,14,16,22H,13,15,17-18H2,1-4H3. The lowest BCUT2D eigenvalue weighted by atomic mass is 10.00. The van der Waals surface area contributed by atoms with Crippen LogP contribution in [0.15, 0.2) is 64.9 Å². The van der Waals surface area contributed by atoms with Gasteiger partial charge in [0.25, 0.3) is 0 Å².